The monoisotopic (exact) mass is 279 g/mol. The van der Waals surface area contributed by atoms with Crippen LogP contribution in [0.1, 0.15) is 36.4 Å². The lowest BCUT2D eigenvalue weighted by atomic mass is 10.2. The molecule has 0 aliphatic carbocycles. The third-order valence-electron chi connectivity index (χ3n) is 3.47. The molecule has 110 valence electrons. The Balaban J connectivity index is 1.99. The van der Waals surface area contributed by atoms with E-state index < -0.39 is 0 Å². The zero-order valence-electron chi connectivity index (χ0n) is 12.6. The first-order valence-corrected chi connectivity index (χ1v) is 7.02. The standard InChI is InChI=1S/C14H22FN5/c1-5-19-9-12(10(3)17-19)7-16-8-13-11(4)18-20(6-2)14(13)15/h9,16H,5-8H2,1-4H3. The average Bonchev–Trinajstić information content (AvgIpc) is 2.92. The molecule has 0 saturated heterocycles. The lowest BCUT2D eigenvalue weighted by Gasteiger charge is -2.03. The molecule has 0 amide bonds. The zero-order chi connectivity index (χ0) is 14.7. The van der Waals surface area contributed by atoms with Gasteiger partial charge >= 0.3 is 0 Å². The Morgan fingerprint density at radius 1 is 1.10 bits per heavy atom. The van der Waals surface area contributed by atoms with Crippen LogP contribution in [0.2, 0.25) is 0 Å². The summed E-state index contributed by atoms with van der Waals surface area (Å²) in [7, 11) is 0. The number of hydrogen-bond acceptors (Lipinski definition) is 3. The highest BCUT2D eigenvalue weighted by Gasteiger charge is 2.13. The first kappa shape index (κ1) is 14.7. The van der Waals surface area contributed by atoms with Gasteiger partial charge in [-0.25, -0.2) is 4.68 Å². The Hall–Kier alpha value is -1.69. The van der Waals surface area contributed by atoms with E-state index in [-0.39, 0.29) is 5.95 Å². The predicted molar refractivity (Wildman–Crippen MR) is 75.8 cm³/mol. The second-order valence-electron chi connectivity index (χ2n) is 4.87. The lowest BCUT2D eigenvalue weighted by molar-refractivity contribution is 0.460. The maximum Gasteiger partial charge on any atom is 0.216 e. The topological polar surface area (TPSA) is 47.7 Å². The Labute approximate surface area is 118 Å². The molecule has 1 N–H and O–H groups in total. The van der Waals surface area contributed by atoms with Crippen molar-refractivity contribution < 1.29 is 4.39 Å². The zero-order valence-corrected chi connectivity index (χ0v) is 12.6. The summed E-state index contributed by atoms with van der Waals surface area (Å²) in [6.45, 7) is 10.3. The summed E-state index contributed by atoms with van der Waals surface area (Å²) in [5.41, 5.74) is 3.55. The molecule has 5 nitrogen and oxygen atoms in total. The summed E-state index contributed by atoms with van der Waals surface area (Å²) in [5.74, 6) is -0.238. The number of halogens is 1. The Morgan fingerprint density at radius 3 is 2.40 bits per heavy atom. The third kappa shape index (κ3) is 2.90. The van der Waals surface area contributed by atoms with E-state index in [0.717, 1.165) is 23.5 Å². The summed E-state index contributed by atoms with van der Waals surface area (Å²) < 4.78 is 17.3. The molecule has 0 fully saturated rings. The van der Waals surface area contributed by atoms with Gasteiger partial charge in [-0.15, -0.1) is 0 Å². The smallest absolute Gasteiger partial charge is 0.216 e. The molecule has 0 radical (unpaired) electrons. The molecule has 6 heteroatoms. The quantitative estimate of drug-likeness (QED) is 0.881. The third-order valence-corrected chi connectivity index (χ3v) is 3.47. The van der Waals surface area contributed by atoms with Crippen molar-refractivity contribution in [3.05, 3.63) is 34.7 Å². The fourth-order valence-electron chi connectivity index (χ4n) is 2.22. The first-order chi connectivity index (χ1) is 9.56. The molecular weight excluding hydrogens is 257 g/mol. The van der Waals surface area contributed by atoms with Crippen molar-refractivity contribution in [2.24, 2.45) is 0 Å². The van der Waals surface area contributed by atoms with Crippen LogP contribution in [0.15, 0.2) is 6.20 Å². The number of aryl methyl sites for hydroxylation is 4. The number of hydrogen-bond donors (Lipinski definition) is 1. The molecular formula is C14H22FN5. The van der Waals surface area contributed by atoms with E-state index in [1.165, 1.54) is 4.68 Å². The number of nitrogens with one attached hydrogen (secondary N) is 1. The summed E-state index contributed by atoms with van der Waals surface area (Å²) >= 11 is 0. The molecule has 0 unspecified atom stereocenters. The molecule has 0 atom stereocenters. The van der Waals surface area contributed by atoms with Crippen LogP contribution in [0.5, 0.6) is 0 Å². The van der Waals surface area contributed by atoms with Crippen molar-refractivity contribution in [3.63, 3.8) is 0 Å². The predicted octanol–water partition coefficient (Wildman–Crippen LogP) is 2.17. The van der Waals surface area contributed by atoms with E-state index >= 15 is 0 Å². The molecule has 2 aromatic heterocycles. The van der Waals surface area contributed by atoms with Gasteiger partial charge < -0.3 is 5.32 Å². The minimum Gasteiger partial charge on any atom is -0.308 e. The van der Waals surface area contributed by atoms with Gasteiger partial charge in [0.05, 0.1) is 11.4 Å². The summed E-state index contributed by atoms with van der Waals surface area (Å²) in [6.07, 6.45) is 2.03. The summed E-state index contributed by atoms with van der Waals surface area (Å²) in [5, 5.41) is 11.8. The van der Waals surface area contributed by atoms with Crippen LogP contribution in [0.25, 0.3) is 0 Å². The largest absolute Gasteiger partial charge is 0.308 e. The van der Waals surface area contributed by atoms with E-state index in [2.05, 4.69) is 22.4 Å². The van der Waals surface area contributed by atoms with Crippen LogP contribution in [-0.2, 0) is 26.2 Å². The summed E-state index contributed by atoms with van der Waals surface area (Å²) in [6, 6.07) is 0. The van der Waals surface area contributed by atoms with Crippen LogP contribution in [-0.4, -0.2) is 19.6 Å². The molecule has 0 spiro atoms. The van der Waals surface area contributed by atoms with Gasteiger partial charge in [0.25, 0.3) is 0 Å². The highest BCUT2D eigenvalue weighted by molar-refractivity contribution is 5.19. The maximum absolute atomic E-state index is 14.0. The summed E-state index contributed by atoms with van der Waals surface area (Å²) in [4.78, 5) is 0. The Kier molecular flexibility index (Phi) is 4.54. The van der Waals surface area contributed by atoms with Gasteiger partial charge in [0.2, 0.25) is 5.95 Å². The molecule has 2 heterocycles. The van der Waals surface area contributed by atoms with Crippen LogP contribution in [0.4, 0.5) is 4.39 Å². The van der Waals surface area contributed by atoms with Crippen molar-refractivity contribution in [1.82, 2.24) is 24.9 Å². The number of rotatable bonds is 6. The molecule has 2 aromatic rings. The second kappa shape index (κ2) is 6.17. The minimum atomic E-state index is -0.238. The average molecular weight is 279 g/mol. The van der Waals surface area contributed by atoms with Gasteiger partial charge in [-0.1, -0.05) is 0 Å². The van der Waals surface area contributed by atoms with E-state index in [0.29, 0.717) is 25.2 Å². The van der Waals surface area contributed by atoms with Gasteiger partial charge in [-0.2, -0.15) is 14.6 Å². The Bertz CT molecular complexity index is 585. The van der Waals surface area contributed by atoms with Crippen molar-refractivity contribution in [1.29, 1.82) is 0 Å². The molecule has 0 aliphatic heterocycles. The van der Waals surface area contributed by atoms with Gasteiger partial charge in [-0.3, -0.25) is 4.68 Å². The van der Waals surface area contributed by atoms with Crippen molar-refractivity contribution in [2.75, 3.05) is 0 Å². The minimum absolute atomic E-state index is 0.238. The fourth-order valence-corrected chi connectivity index (χ4v) is 2.22. The second-order valence-corrected chi connectivity index (χ2v) is 4.87. The van der Waals surface area contributed by atoms with Gasteiger partial charge in [0, 0.05) is 43.5 Å². The van der Waals surface area contributed by atoms with Gasteiger partial charge in [0.1, 0.15) is 0 Å². The van der Waals surface area contributed by atoms with Crippen LogP contribution in [0, 0.1) is 19.8 Å². The molecule has 0 aliphatic rings. The highest BCUT2D eigenvalue weighted by atomic mass is 19.1. The first-order valence-electron chi connectivity index (χ1n) is 7.02. The molecule has 2 rings (SSSR count). The normalized spacial score (nSPS) is 11.2. The fraction of sp³-hybridized carbons (Fsp3) is 0.571. The molecule has 0 bridgehead atoms. The molecule has 0 saturated carbocycles. The molecule has 20 heavy (non-hydrogen) atoms. The highest BCUT2D eigenvalue weighted by Crippen LogP contribution is 2.12. The SMILES string of the molecule is CCn1cc(CNCc2c(C)nn(CC)c2F)c(C)n1. The molecule has 0 aromatic carbocycles. The van der Waals surface area contributed by atoms with E-state index in [9.17, 15) is 4.39 Å². The number of aromatic nitrogens is 4. The van der Waals surface area contributed by atoms with Gasteiger partial charge in [-0.05, 0) is 27.7 Å². The lowest BCUT2D eigenvalue weighted by Crippen LogP contribution is -2.14. The van der Waals surface area contributed by atoms with Crippen molar-refractivity contribution >= 4 is 0 Å². The van der Waals surface area contributed by atoms with E-state index in [1.54, 1.807) is 0 Å². The van der Waals surface area contributed by atoms with E-state index in [1.807, 2.05) is 31.6 Å². The van der Waals surface area contributed by atoms with E-state index in [4.69, 9.17) is 0 Å². The van der Waals surface area contributed by atoms with Crippen LogP contribution >= 0.6 is 0 Å². The Morgan fingerprint density at radius 2 is 1.85 bits per heavy atom. The number of nitrogens with zero attached hydrogens (tertiary/aromatic N) is 4. The van der Waals surface area contributed by atoms with Crippen LogP contribution < -0.4 is 5.32 Å². The van der Waals surface area contributed by atoms with Gasteiger partial charge in [0.15, 0.2) is 0 Å². The van der Waals surface area contributed by atoms with Crippen LogP contribution in [0.3, 0.4) is 0 Å². The van der Waals surface area contributed by atoms with Crippen molar-refractivity contribution in [3.8, 4) is 0 Å². The van der Waals surface area contributed by atoms with Crippen molar-refractivity contribution in [2.45, 2.75) is 53.9 Å². The maximum atomic E-state index is 14.0.